The monoisotopic (exact) mass is 584 g/mol. The molecular weight excluding hydrogens is 566 g/mol. The molecule has 0 bridgehead atoms. The van der Waals surface area contributed by atoms with Gasteiger partial charge >= 0.3 is 6.18 Å². The van der Waals surface area contributed by atoms with Crippen molar-refractivity contribution in [2.75, 3.05) is 24.6 Å². The highest BCUT2D eigenvalue weighted by molar-refractivity contribution is 8.25. The standard InChI is InChI=1S/C23H19Cl2F5N2O4S/c24-16-5-15(6-17(25)19(16)26)22(23(28,29)30)7-18(31-36-22)12-1-3-14(4-2-12)21(27)10-32(11-21)20(33)13-8-37(34,35)9-13/h1-6,13,34-35H,7-11H2. The van der Waals surface area contributed by atoms with E-state index in [1.54, 1.807) is 0 Å². The third-order valence-corrected chi connectivity index (χ3v) is 9.27. The molecule has 37 heavy (non-hydrogen) atoms. The molecule has 3 heterocycles. The SMILES string of the molecule is O=C(C1CS(O)(O)C1)N1CC(F)(c2ccc(C3=NOC(c4cc(Cl)c(F)c(Cl)c4)(C(F)(F)F)C3)cc2)C1. The fraction of sp³-hybridized carbons (Fsp3) is 0.391. The van der Waals surface area contributed by atoms with E-state index in [4.69, 9.17) is 28.0 Å². The summed E-state index contributed by atoms with van der Waals surface area (Å²) in [5.41, 5.74) is -4.88. The molecule has 1 atom stereocenters. The van der Waals surface area contributed by atoms with Gasteiger partial charge < -0.3 is 9.74 Å². The largest absolute Gasteiger partial charge is 0.435 e. The van der Waals surface area contributed by atoms with Crippen LogP contribution in [0.5, 0.6) is 0 Å². The summed E-state index contributed by atoms with van der Waals surface area (Å²) in [6.07, 6.45) is -5.71. The first-order valence-corrected chi connectivity index (χ1v) is 13.6. The number of likely N-dealkylation sites (tertiary alicyclic amines) is 1. The van der Waals surface area contributed by atoms with Gasteiger partial charge in [-0.3, -0.25) is 13.9 Å². The van der Waals surface area contributed by atoms with Crippen molar-refractivity contribution in [3.05, 3.63) is 69.0 Å². The van der Waals surface area contributed by atoms with E-state index < -0.39 is 61.8 Å². The molecule has 5 rings (SSSR count). The van der Waals surface area contributed by atoms with Crippen LogP contribution in [0.2, 0.25) is 10.0 Å². The van der Waals surface area contributed by atoms with Crippen molar-refractivity contribution in [3.8, 4) is 0 Å². The molecule has 3 aliphatic heterocycles. The number of halogens is 7. The normalized spacial score (nSPS) is 25.5. The Morgan fingerprint density at radius 2 is 1.65 bits per heavy atom. The van der Waals surface area contributed by atoms with E-state index in [0.717, 1.165) is 12.1 Å². The van der Waals surface area contributed by atoms with Crippen LogP contribution in [0.25, 0.3) is 0 Å². The first kappa shape index (κ1) is 26.5. The summed E-state index contributed by atoms with van der Waals surface area (Å²) in [6, 6.07) is 7.20. The topological polar surface area (TPSA) is 82.4 Å². The predicted octanol–water partition coefficient (Wildman–Crippen LogP) is 6.10. The zero-order chi connectivity index (χ0) is 27.0. The second-order valence-electron chi connectivity index (χ2n) is 9.45. The predicted molar refractivity (Wildman–Crippen MR) is 128 cm³/mol. The van der Waals surface area contributed by atoms with Crippen LogP contribution in [-0.2, 0) is 20.9 Å². The van der Waals surface area contributed by atoms with Crippen LogP contribution in [0.3, 0.4) is 0 Å². The van der Waals surface area contributed by atoms with Gasteiger partial charge in [0.2, 0.25) is 5.91 Å². The van der Waals surface area contributed by atoms with Crippen molar-refractivity contribution in [3.63, 3.8) is 0 Å². The number of carbonyl (C=O) groups excluding carboxylic acids is 1. The van der Waals surface area contributed by atoms with Gasteiger partial charge in [-0.1, -0.05) is 52.6 Å². The smallest absolute Gasteiger partial charge is 0.374 e. The van der Waals surface area contributed by atoms with E-state index in [2.05, 4.69) is 5.16 Å². The number of carbonyl (C=O) groups is 1. The van der Waals surface area contributed by atoms with Crippen LogP contribution in [0.4, 0.5) is 22.0 Å². The zero-order valence-corrected chi connectivity index (χ0v) is 21.1. The molecule has 1 amide bonds. The summed E-state index contributed by atoms with van der Waals surface area (Å²) in [5.74, 6) is -1.96. The number of rotatable bonds is 4. The minimum atomic E-state index is -4.96. The van der Waals surface area contributed by atoms with E-state index in [-0.39, 0.29) is 47.3 Å². The van der Waals surface area contributed by atoms with Crippen LogP contribution in [-0.4, -0.2) is 56.4 Å². The van der Waals surface area contributed by atoms with E-state index in [1.165, 1.54) is 29.2 Å². The van der Waals surface area contributed by atoms with Gasteiger partial charge in [0.05, 0.1) is 46.3 Å². The molecular formula is C23H19Cl2F5N2O4S. The molecule has 2 aromatic carbocycles. The summed E-state index contributed by atoms with van der Waals surface area (Å²) >= 11 is 11.4. The Morgan fingerprint density at radius 1 is 1.08 bits per heavy atom. The Kier molecular flexibility index (Phi) is 6.23. The van der Waals surface area contributed by atoms with E-state index in [9.17, 15) is 31.5 Å². The van der Waals surface area contributed by atoms with Gasteiger partial charge in [0.15, 0.2) is 11.5 Å². The van der Waals surface area contributed by atoms with E-state index >= 15 is 4.39 Å². The van der Waals surface area contributed by atoms with Gasteiger partial charge in [0.25, 0.3) is 5.60 Å². The molecule has 1 unspecified atom stereocenters. The van der Waals surface area contributed by atoms with Crippen molar-refractivity contribution >= 4 is 45.4 Å². The summed E-state index contributed by atoms with van der Waals surface area (Å²) in [7, 11) is -2.69. The van der Waals surface area contributed by atoms with Crippen molar-refractivity contribution in [1.82, 2.24) is 4.90 Å². The van der Waals surface area contributed by atoms with Gasteiger partial charge in [-0.05, 0) is 23.3 Å². The maximum absolute atomic E-state index is 15.4. The molecule has 0 aromatic heterocycles. The Balaban J connectivity index is 1.30. The molecule has 0 radical (unpaired) electrons. The average Bonchev–Trinajstić information content (AvgIpc) is 3.25. The van der Waals surface area contributed by atoms with Gasteiger partial charge in [-0.2, -0.15) is 23.8 Å². The van der Waals surface area contributed by atoms with Crippen LogP contribution >= 0.6 is 33.8 Å². The van der Waals surface area contributed by atoms with E-state index in [1.807, 2.05) is 0 Å². The zero-order valence-electron chi connectivity index (χ0n) is 18.7. The molecule has 3 aliphatic rings. The molecule has 0 spiro atoms. The highest BCUT2D eigenvalue weighted by atomic mass is 35.5. The average molecular weight is 585 g/mol. The lowest BCUT2D eigenvalue weighted by atomic mass is 9.84. The lowest BCUT2D eigenvalue weighted by Crippen LogP contribution is -2.62. The third kappa shape index (κ3) is 4.46. The lowest BCUT2D eigenvalue weighted by Gasteiger charge is -2.51. The second-order valence-corrected chi connectivity index (χ2v) is 12.5. The van der Waals surface area contributed by atoms with Crippen LogP contribution < -0.4 is 0 Å². The molecule has 6 nitrogen and oxygen atoms in total. The Morgan fingerprint density at radius 3 is 2.16 bits per heavy atom. The number of amides is 1. The summed E-state index contributed by atoms with van der Waals surface area (Å²) in [6.45, 7) is -0.428. The van der Waals surface area contributed by atoms with Crippen LogP contribution in [0.1, 0.15) is 23.1 Å². The van der Waals surface area contributed by atoms with E-state index in [0.29, 0.717) is 0 Å². The van der Waals surface area contributed by atoms with Crippen molar-refractivity contribution < 1.29 is 40.7 Å². The first-order chi connectivity index (χ1) is 17.1. The minimum Gasteiger partial charge on any atom is -0.374 e. The van der Waals surface area contributed by atoms with Gasteiger partial charge in [-0.25, -0.2) is 8.78 Å². The quantitative estimate of drug-likeness (QED) is 0.336. The Labute approximate surface area is 219 Å². The van der Waals surface area contributed by atoms with Gasteiger partial charge in [-0.15, -0.1) is 0 Å². The highest BCUT2D eigenvalue weighted by Gasteiger charge is 2.62. The lowest BCUT2D eigenvalue weighted by molar-refractivity contribution is -0.275. The Bertz CT molecular complexity index is 1270. The van der Waals surface area contributed by atoms with Gasteiger partial charge in [0.1, 0.15) is 0 Å². The van der Waals surface area contributed by atoms with Crippen molar-refractivity contribution in [1.29, 1.82) is 0 Å². The van der Waals surface area contributed by atoms with Crippen molar-refractivity contribution in [2.24, 2.45) is 11.1 Å². The molecule has 2 N–H and O–H groups in total. The molecule has 0 saturated carbocycles. The Hall–Kier alpha value is -2.12. The number of hydrogen-bond donors (Lipinski definition) is 2. The third-order valence-electron chi connectivity index (χ3n) is 6.85. The van der Waals surface area contributed by atoms with Gasteiger partial charge in [0, 0.05) is 12.0 Å². The number of hydrogen-bond acceptors (Lipinski definition) is 5. The maximum atomic E-state index is 15.4. The first-order valence-electron chi connectivity index (χ1n) is 10.9. The fourth-order valence-electron chi connectivity index (χ4n) is 4.70. The van der Waals surface area contributed by atoms with Crippen LogP contribution in [0.15, 0.2) is 41.6 Å². The molecule has 0 aliphatic carbocycles. The second kappa shape index (κ2) is 8.70. The number of alkyl halides is 4. The number of oxime groups is 1. The summed E-state index contributed by atoms with van der Waals surface area (Å²) in [4.78, 5) is 18.6. The highest BCUT2D eigenvalue weighted by Crippen LogP contribution is 2.53. The maximum Gasteiger partial charge on any atom is 0.435 e. The van der Waals surface area contributed by atoms with Crippen LogP contribution in [0, 0.1) is 11.7 Å². The summed E-state index contributed by atoms with van der Waals surface area (Å²) < 4.78 is 90.6. The molecule has 2 saturated heterocycles. The molecule has 14 heteroatoms. The summed E-state index contributed by atoms with van der Waals surface area (Å²) in [5, 5.41) is 2.43. The minimum absolute atomic E-state index is 0.0176. The number of nitrogens with zero attached hydrogens (tertiary/aromatic N) is 2. The molecule has 200 valence electrons. The molecule has 2 aromatic rings. The molecule has 2 fully saturated rings. The fourth-order valence-corrected chi connectivity index (χ4v) is 6.67. The van der Waals surface area contributed by atoms with Crippen molar-refractivity contribution in [2.45, 2.75) is 23.9 Å². The number of benzene rings is 2.